The molecule has 1 aliphatic carbocycles. The van der Waals surface area contributed by atoms with Crippen molar-refractivity contribution in [3.8, 4) is 0 Å². The molecule has 0 aliphatic heterocycles. The Morgan fingerprint density at radius 3 is 2.38 bits per heavy atom. The molecule has 0 spiro atoms. The number of nitrogens with one attached hydrogen (secondary N) is 1. The summed E-state index contributed by atoms with van der Waals surface area (Å²) in [7, 11) is 0.0115. The maximum atomic E-state index is 13.0. The van der Waals surface area contributed by atoms with Gasteiger partial charge in [0.05, 0.1) is 0 Å². The Bertz CT molecular complexity index is 586. The monoisotopic (exact) mass is 314 g/mol. The second kappa shape index (κ2) is 6.50. The minimum Gasteiger partial charge on any atom is -0.465 e. The predicted octanol–water partition coefficient (Wildman–Crippen LogP) is 2.57. The van der Waals surface area contributed by atoms with Crippen LogP contribution in [0.2, 0.25) is 0 Å². The van der Waals surface area contributed by atoms with E-state index >= 15 is 0 Å². The van der Waals surface area contributed by atoms with Gasteiger partial charge >= 0.3 is 0 Å². The van der Waals surface area contributed by atoms with Crippen LogP contribution < -0.4 is 5.32 Å². The number of sulfonamides is 1. The van der Waals surface area contributed by atoms with E-state index in [2.05, 4.69) is 5.32 Å². The molecule has 0 bridgehead atoms. The standard InChI is InChI=1S/C15H26N2O3S/c1-11-14(10-16-3)15(12(2)20-11)21(18,19)17(4)13-8-6-5-7-9-13/h13,16H,5-10H2,1-4H3. The topological polar surface area (TPSA) is 62.6 Å². The maximum Gasteiger partial charge on any atom is 0.246 e. The summed E-state index contributed by atoms with van der Waals surface area (Å²) in [4.78, 5) is 0.349. The number of nitrogens with zero attached hydrogens (tertiary/aromatic N) is 1. The first kappa shape index (κ1) is 16.5. The van der Waals surface area contributed by atoms with Crippen LogP contribution in [0.3, 0.4) is 0 Å². The van der Waals surface area contributed by atoms with Crippen molar-refractivity contribution in [3.63, 3.8) is 0 Å². The Morgan fingerprint density at radius 1 is 1.19 bits per heavy atom. The summed E-state index contributed by atoms with van der Waals surface area (Å²) in [6.07, 6.45) is 5.33. The molecule has 0 aromatic carbocycles. The summed E-state index contributed by atoms with van der Waals surface area (Å²) in [6, 6.07) is 0.112. The molecule has 2 rings (SSSR count). The minimum absolute atomic E-state index is 0.112. The van der Waals surface area contributed by atoms with Gasteiger partial charge < -0.3 is 9.73 Å². The van der Waals surface area contributed by atoms with Crippen LogP contribution in [0.4, 0.5) is 0 Å². The number of rotatable bonds is 5. The molecule has 1 fully saturated rings. The zero-order valence-electron chi connectivity index (χ0n) is 13.4. The highest BCUT2D eigenvalue weighted by atomic mass is 32.2. The molecular weight excluding hydrogens is 288 g/mol. The average molecular weight is 314 g/mol. The molecule has 1 aromatic rings. The van der Waals surface area contributed by atoms with Crippen LogP contribution in [0.25, 0.3) is 0 Å². The third-order valence-corrected chi connectivity index (χ3v) is 6.51. The Kier molecular flexibility index (Phi) is 5.11. The SMILES string of the molecule is CNCc1c(C)oc(C)c1S(=O)(=O)N(C)C1CCCCC1. The van der Waals surface area contributed by atoms with Gasteiger partial charge in [0.1, 0.15) is 16.4 Å². The third-order valence-electron chi connectivity index (χ3n) is 4.40. The molecule has 0 atom stereocenters. The van der Waals surface area contributed by atoms with Gasteiger partial charge in [-0.05, 0) is 33.7 Å². The van der Waals surface area contributed by atoms with Crippen LogP contribution in [0.5, 0.6) is 0 Å². The molecule has 0 saturated heterocycles. The van der Waals surface area contributed by atoms with Gasteiger partial charge in [-0.2, -0.15) is 4.31 Å². The maximum absolute atomic E-state index is 13.0. The molecule has 120 valence electrons. The van der Waals surface area contributed by atoms with E-state index < -0.39 is 10.0 Å². The van der Waals surface area contributed by atoms with E-state index in [1.807, 2.05) is 14.0 Å². The number of hydrogen-bond donors (Lipinski definition) is 1. The Labute approximate surface area is 127 Å². The normalized spacial score (nSPS) is 17.6. The van der Waals surface area contributed by atoms with E-state index in [1.54, 1.807) is 18.3 Å². The number of aryl methyl sites for hydroxylation is 2. The molecule has 1 aliphatic rings. The zero-order chi connectivity index (χ0) is 15.6. The molecular formula is C15H26N2O3S. The second-order valence-electron chi connectivity index (χ2n) is 5.87. The molecule has 1 aromatic heterocycles. The molecule has 6 heteroatoms. The summed E-state index contributed by atoms with van der Waals surface area (Å²) < 4.78 is 33.1. The van der Waals surface area contributed by atoms with Gasteiger partial charge in [0, 0.05) is 25.2 Å². The summed E-state index contributed by atoms with van der Waals surface area (Å²) in [5.74, 6) is 1.16. The Balaban J connectivity index is 2.38. The van der Waals surface area contributed by atoms with E-state index in [0.29, 0.717) is 23.0 Å². The molecule has 1 N–H and O–H groups in total. The Morgan fingerprint density at radius 2 is 1.81 bits per heavy atom. The average Bonchev–Trinajstić information content (AvgIpc) is 2.74. The molecule has 0 amide bonds. The fourth-order valence-corrected chi connectivity index (χ4v) is 5.04. The summed E-state index contributed by atoms with van der Waals surface area (Å²) in [5.41, 5.74) is 0.748. The van der Waals surface area contributed by atoms with Crippen molar-refractivity contribution < 1.29 is 12.8 Å². The van der Waals surface area contributed by atoms with Crippen LogP contribution in [-0.2, 0) is 16.6 Å². The van der Waals surface area contributed by atoms with Crippen LogP contribution in [-0.4, -0.2) is 32.9 Å². The summed E-state index contributed by atoms with van der Waals surface area (Å²) >= 11 is 0. The summed E-state index contributed by atoms with van der Waals surface area (Å²) in [5, 5.41) is 3.03. The van der Waals surface area contributed by atoms with Gasteiger partial charge in [-0.15, -0.1) is 0 Å². The van der Waals surface area contributed by atoms with Gasteiger partial charge in [-0.25, -0.2) is 8.42 Å². The van der Waals surface area contributed by atoms with Gasteiger partial charge in [-0.3, -0.25) is 0 Å². The molecule has 1 heterocycles. The quantitative estimate of drug-likeness (QED) is 0.907. The van der Waals surface area contributed by atoms with Gasteiger partial charge in [0.25, 0.3) is 0 Å². The highest BCUT2D eigenvalue weighted by molar-refractivity contribution is 7.89. The van der Waals surface area contributed by atoms with Gasteiger partial charge in [0.15, 0.2) is 0 Å². The van der Waals surface area contributed by atoms with Crippen LogP contribution in [0.1, 0.15) is 49.2 Å². The van der Waals surface area contributed by atoms with E-state index in [1.165, 1.54) is 6.42 Å². The highest BCUT2D eigenvalue weighted by Crippen LogP contribution is 2.32. The van der Waals surface area contributed by atoms with E-state index in [-0.39, 0.29) is 6.04 Å². The van der Waals surface area contributed by atoms with E-state index in [0.717, 1.165) is 31.2 Å². The van der Waals surface area contributed by atoms with Crippen molar-refractivity contribution in [1.82, 2.24) is 9.62 Å². The molecule has 5 nitrogen and oxygen atoms in total. The fraction of sp³-hybridized carbons (Fsp3) is 0.733. The van der Waals surface area contributed by atoms with Crippen LogP contribution in [0.15, 0.2) is 9.31 Å². The van der Waals surface area contributed by atoms with E-state index in [9.17, 15) is 8.42 Å². The first-order chi connectivity index (χ1) is 9.89. The molecule has 0 radical (unpaired) electrons. The van der Waals surface area contributed by atoms with Crippen molar-refractivity contribution in [2.75, 3.05) is 14.1 Å². The van der Waals surface area contributed by atoms with E-state index in [4.69, 9.17) is 4.42 Å². The lowest BCUT2D eigenvalue weighted by atomic mass is 9.96. The van der Waals surface area contributed by atoms with Gasteiger partial charge in [-0.1, -0.05) is 19.3 Å². The molecule has 21 heavy (non-hydrogen) atoms. The molecule has 0 unspecified atom stereocenters. The predicted molar refractivity (Wildman–Crippen MR) is 82.8 cm³/mol. The first-order valence-electron chi connectivity index (χ1n) is 7.61. The molecule has 1 saturated carbocycles. The van der Waals surface area contributed by atoms with Crippen molar-refractivity contribution >= 4 is 10.0 Å². The second-order valence-corrected chi connectivity index (χ2v) is 7.80. The van der Waals surface area contributed by atoms with Crippen LogP contribution in [0, 0.1) is 13.8 Å². The van der Waals surface area contributed by atoms with Crippen LogP contribution >= 0.6 is 0 Å². The fourth-order valence-electron chi connectivity index (χ4n) is 3.21. The van der Waals surface area contributed by atoms with Crippen molar-refractivity contribution in [2.24, 2.45) is 0 Å². The lowest BCUT2D eigenvalue weighted by Crippen LogP contribution is -2.38. The summed E-state index contributed by atoms with van der Waals surface area (Å²) in [6.45, 7) is 4.04. The minimum atomic E-state index is -3.50. The zero-order valence-corrected chi connectivity index (χ0v) is 14.2. The lowest BCUT2D eigenvalue weighted by Gasteiger charge is -2.30. The number of furan rings is 1. The number of hydrogen-bond acceptors (Lipinski definition) is 4. The van der Waals surface area contributed by atoms with Gasteiger partial charge in [0.2, 0.25) is 10.0 Å². The largest absolute Gasteiger partial charge is 0.465 e. The van der Waals surface area contributed by atoms with Crippen molar-refractivity contribution in [2.45, 2.75) is 63.4 Å². The lowest BCUT2D eigenvalue weighted by molar-refractivity contribution is 0.285. The highest BCUT2D eigenvalue weighted by Gasteiger charge is 2.34. The van der Waals surface area contributed by atoms with Crippen molar-refractivity contribution in [1.29, 1.82) is 0 Å². The first-order valence-corrected chi connectivity index (χ1v) is 9.05. The van der Waals surface area contributed by atoms with Crippen molar-refractivity contribution in [3.05, 3.63) is 17.1 Å². The third kappa shape index (κ3) is 3.17. The Hall–Kier alpha value is -0.850. The smallest absolute Gasteiger partial charge is 0.246 e.